The van der Waals surface area contributed by atoms with Gasteiger partial charge in [0, 0.05) is 44.4 Å². The summed E-state index contributed by atoms with van der Waals surface area (Å²) in [5.41, 5.74) is 2.31. The number of rotatable bonds is 3. The van der Waals surface area contributed by atoms with Crippen LogP contribution in [0.25, 0.3) is 0 Å². The van der Waals surface area contributed by atoms with E-state index in [2.05, 4.69) is 21.4 Å². The number of anilines is 2. The molecule has 2 aromatic rings. The Hall–Kier alpha value is -3.16. The van der Waals surface area contributed by atoms with Gasteiger partial charge in [-0.1, -0.05) is 6.58 Å². The molecular weight excluding hydrogens is 361 g/mol. The van der Waals surface area contributed by atoms with Gasteiger partial charge in [-0.05, 0) is 24.6 Å². The average Bonchev–Trinajstić information content (AvgIpc) is 2.74. The largest absolute Gasteiger partial charge is 0.508 e. The summed E-state index contributed by atoms with van der Waals surface area (Å²) in [7, 11) is 0. The van der Waals surface area contributed by atoms with Crippen molar-refractivity contribution in [3.8, 4) is 5.75 Å². The number of amides is 1. The minimum atomic E-state index is -0.362. The number of carbonyl (C=O) groups excluding carboxylic acids is 1. The zero-order valence-electron chi connectivity index (χ0n) is 15.5. The molecule has 1 fully saturated rings. The molecule has 0 spiro atoms. The van der Waals surface area contributed by atoms with Gasteiger partial charge in [0.15, 0.2) is 0 Å². The summed E-state index contributed by atoms with van der Waals surface area (Å²) in [5.74, 6) is 0.524. The van der Waals surface area contributed by atoms with Crippen molar-refractivity contribution in [1.29, 1.82) is 0 Å². The maximum atomic E-state index is 14.2. The molecule has 1 N–H and O–H groups in total. The molecule has 4 rings (SSSR count). The number of fused-ring (bicyclic) bond motifs is 1. The lowest BCUT2D eigenvalue weighted by Gasteiger charge is -2.37. The third-order valence-corrected chi connectivity index (χ3v) is 5.32. The van der Waals surface area contributed by atoms with Crippen molar-refractivity contribution >= 4 is 17.4 Å². The van der Waals surface area contributed by atoms with Gasteiger partial charge in [0.1, 0.15) is 23.7 Å². The van der Waals surface area contributed by atoms with Crippen LogP contribution in [-0.2, 0) is 17.8 Å². The zero-order chi connectivity index (χ0) is 19.7. The molecule has 1 aromatic heterocycles. The molecule has 1 saturated heterocycles. The Kier molecular flexibility index (Phi) is 4.85. The van der Waals surface area contributed by atoms with Crippen molar-refractivity contribution in [1.82, 2.24) is 14.9 Å². The van der Waals surface area contributed by atoms with E-state index in [0.717, 1.165) is 17.1 Å². The number of aromatic hydroxyl groups is 1. The zero-order valence-corrected chi connectivity index (χ0v) is 15.5. The van der Waals surface area contributed by atoms with Crippen molar-refractivity contribution < 1.29 is 14.3 Å². The van der Waals surface area contributed by atoms with Crippen molar-refractivity contribution in [2.75, 3.05) is 42.5 Å². The topological polar surface area (TPSA) is 72.8 Å². The maximum Gasteiger partial charge on any atom is 0.246 e. The second kappa shape index (κ2) is 7.46. The van der Waals surface area contributed by atoms with E-state index in [1.54, 1.807) is 4.90 Å². The van der Waals surface area contributed by atoms with Crippen LogP contribution in [0.3, 0.4) is 0 Å². The Balaban J connectivity index is 1.53. The summed E-state index contributed by atoms with van der Waals surface area (Å²) >= 11 is 0. The van der Waals surface area contributed by atoms with E-state index < -0.39 is 0 Å². The number of aromatic nitrogens is 2. The number of phenols is 1. The fourth-order valence-electron chi connectivity index (χ4n) is 3.83. The summed E-state index contributed by atoms with van der Waals surface area (Å²) in [6, 6.07) is 4.06. The highest BCUT2D eigenvalue weighted by molar-refractivity contribution is 5.87. The highest BCUT2D eigenvalue weighted by Crippen LogP contribution is 2.31. The van der Waals surface area contributed by atoms with Crippen molar-refractivity contribution in [3.63, 3.8) is 0 Å². The number of piperazine rings is 1. The first kappa shape index (κ1) is 18.2. The normalized spacial score (nSPS) is 16.7. The van der Waals surface area contributed by atoms with E-state index in [4.69, 9.17) is 0 Å². The predicted molar refractivity (Wildman–Crippen MR) is 104 cm³/mol. The number of carbonyl (C=O) groups is 1. The molecule has 8 heteroatoms. The summed E-state index contributed by atoms with van der Waals surface area (Å²) in [4.78, 5) is 26.5. The number of hydrogen-bond donors (Lipinski definition) is 1. The molecular formula is C20H22FN5O2. The molecule has 0 atom stereocenters. The van der Waals surface area contributed by atoms with Crippen LogP contribution >= 0.6 is 0 Å². The van der Waals surface area contributed by atoms with Gasteiger partial charge in [0.2, 0.25) is 5.91 Å². The first-order valence-electron chi connectivity index (χ1n) is 9.29. The Morgan fingerprint density at radius 1 is 1.14 bits per heavy atom. The van der Waals surface area contributed by atoms with Gasteiger partial charge in [-0.3, -0.25) is 4.79 Å². The number of benzene rings is 1. The molecule has 1 amide bonds. The van der Waals surface area contributed by atoms with Crippen LogP contribution < -0.4 is 9.80 Å². The fraction of sp³-hybridized carbons (Fsp3) is 0.350. The summed E-state index contributed by atoms with van der Waals surface area (Å²) < 4.78 is 14.2. The van der Waals surface area contributed by atoms with Gasteiger partial charge < -0.3 is 19.8 Å². The highest BCUT2D eigenvalue weighted by atomic mass is 19.1. The Labute approximate surface area is 162 Å². The van der Waals surface area contributed by atoms with E-state index in [0.29, 0.717) is 51.4 Å². The van der Waals surface area contributed by atoms with E-state index in [9.17, 15) is 14.3 Å². The van der Waals surface area contributed by atoms with Crippen LogP contribution in [-0.4, -0.2) is 58.6 Å². The number of nitrogens with zero attached hydrogens (tertiary/aromatic N) is 5. The lowest BCUT2D eigenvalue weighted by Crippen LogP contribution is -2.49. The van der Waals surface area contributed by atoms with Gasteiger partial charge in [-0.25, -0.2) is 14.4 Å². The second-order valence-electron chi connectivity index (χ2n) is 6.95. The fourth-order valence-corrected chi connectivity index (χ4v) is 3.83. The first-order chi connectivity index (χ1) is 13.6. The van der Waals surface area contributed by atoms with Crippen LogP contribution in [0, 0.1) is 5.82 Å². The van der Waals surface area contributed by atoms with Gasteiger partial charge in [0.05, 0.1) is 17.9 Å². The first-order valence-corrected chi connectivity index (χ1v) is 9.29. The molecule has 0 aliphatic carbocycles. The molecule has 7 nitrogen and oxygen atoms in total. The van der Waals surface area contributed by atoms with Gasteiger partial charge in [-0.15, -0.1) is 0 Å². The summed E-state index contributed by atoms with van der Waals surface area (Å²) in [6.45, 7) is 7.28. The molecule has 0 radical (unpaired) electrons. The average molecular weight is 383 g/mol. The number of halogens is 1. The molecule has 28 heavy (non-hydrogen) atoms. The van der Waals surface area contributed by atoms with E-state index >= 15 is 0 Å². The van der Waals surface area contributed by atoms with Crippen molar-refractivity contribution in [2.24, 2.45) is 0 Å². The lowest BCUT2D eigenvalue weighted by atomic mass is 10.0. The Morgan fingerprint density at radius 3 is 2.68 bits per heavy atom. The van der Waals surface area contributed by atoms with Gasteiger partial charge in [0.25, 0.3) is 0 Å². The third kappa shape index (κ3) is 3.37. The van der Waals surface area contributed by atoms with Gasteiger partial charge >= 0.3 is 0 Å². The number of hydrogen-bond acceptors (Lipinski definition) is 6. The minimum Gasteiger partial charge on any atom is -0.508 e. The molecule has 1 aromatic carbocycles. The van der Waals surface area contributed by atoms with Crippen LogP contribution in [0.2, 0.25) is 0 Å². The van der Waals surface area contributed by atoms with Crippen molar-refractivity contribution in [2.45, 2.75) is 13.0 Å². The predicted octanol–water partition coefficient (Wildman–Crippen LogP) is 1.72. The van der Waals surface area contributed by atoms with Crippen LogP contribution in [0.15, 0.2) is 37.2 Å². The van der Waals surface area contributed by atoms with E-state index in [1.165, 1.54) is 30.6 Å². The SMILES string of the molecule is C=CC(=O)N1CCN(c2ncnc3c2CCN(c2cc(O)ccc2F)C3)CC1. The van der Waals surface area contributed by atoms with E-state index in [-0.39, 0.29) is 17.5 Å². The third-order valence-electron chi connectivity index (χ3n) is 5.32. The quantitative estimate of drug-likeness (QED) is 0.814. The highest BCUT2D eigenvalue weighted by Gasteiger charge is 2.27. The Morgan fingerprint density at radius 2 is 1.93 bits per heavy atom. The minimum absolute atomic E-state index is 0.0394. The molecule has 0 saturated carbocycles. The van der Waals surface area contributed by atoms with Crippen LogP contribution in [0.4, 0.5) is 15.9 Å². The molecule has 2 aliphatic heterocycles. The lowest BCUT2D eigenvalue weighted by molar-refractivity contribution is -0.126. The standard InChI is InChI=1S/C20H22FN5O2/c1-2-19(28)24-7-9-25(10-8-24)20-15-5-6-26(12-17(15)22-13-23-20)18-11-14(27)3-4-16(18)21/h2-4,11,13,27H,1,5-10,12H2. The molecule has 146 valence electrons. The van der Waals surface area contributed by atoms with Crippen LogP contribution in [0.5, 0.6) is 5.75 Å². The smallest absolute Gasteiger partial charge is 0.246 e. The molecule has 0 bridgehead atoms. The number of phenolic OH excluding ortho intramolecular Hbond substituents is 1. The molecule has 0 unspecified atom stereocenters. The Bertz CT molecular complexity index is 911. The second-order valence-corrected chi connectivity index (χ2v) is 6.95. The van der Waals surface area contributed by atoms with Crippen LogP contribution in [0.1, 0.15) is 11.3 Å². The molecule has 2 aliphatic rings. The van der Waals surface area contributed by atoms with Crippen molar-refractivity contribution in [3.05, 3.63) is 54.3 Å². The monoisotopic (exact) mass is 383 g/mol. The maximum absolute atomic E-state index is 14.2. The molecule has 3 heterocycles. The summed E-state index contributed by atoms with van der Waals surface area (Å²) in [6.07, 6.45) is 3.57. The van der Waals surface area contributed by atoms with E-state index in [1.807, 2.05) is 4.90 Å². The summed E-state index contributed by atoms with van der Waals surface area (Å²) in [5, 5.41) is 9.70. The van der Waals surface area contributed by atoms with Gasteiger partial charge in [-0.2, -0.15) is 0 Å².